The number of aromatic nitrogens is 2. The Kier molecular flexibility index (Phi) is 5.71. The summed E-state index contributed by atoms with van der Waals surface area (Å²) in [6.45, 7) is 11.8. The van der Waals surface area contributed by atoms with Crippen molar-refractivity contribution in [1.29, 1.82) is 0 Å². The van der Waals surface area contributed by atoms with E-state index in [0.717, 1.165) is 0 Å². The van der Waals surface area contributed by atoms with Crippen LogP contribution in [0.15, 0.2) is 6.20 Å². The molecule has 1 aromatic rings. The molecule has 8 heteroatoms. The van der Waals surface area contributed by atoms with Gasteiger partial charge in [0, 0.05) is 19.4 Å². The van der Waals surface area contributed by atoms with E-state index in [0.29, 0.717) is 24.9 Å². The molecule has 0 amide bonds. The van der Waals surface area contributed by atoms with Crippen LogP contribution in [0.1, 0.15) is 64.7 Å². The highest BCUT2D eigenvalue weighted by atomic mass is 32.2. The summed E-state index contributed by atoms with van der Waals surface area (Å²) in [6.07, 6.45) is 2.59. The second-order valence-electron chi connectivity index (χ2n) is 9.41. The van der Waals surface area contributed by atoms with Crippen LogP contribution >= 0.6 is 0 Å². The fourth-order valence-electron chi connectivity index (χ4n) is 5.65. The molecular formula is C21H32N2O5S. The van der Waals surface area contributed by atoms with Crippen molar-refractivity contribution in [1.82, 2.24) is 9.78 Å². The number of aryl methyl sites for hydroxylation is 1. The number of hydrogen-bond donors (Lipinski definition) is 0. The lowest BCUT2D eigenvalue weighted by Crippen LogP contribution is -2.57. The van der Waals surface area contributed by atoms with Crippen molar-refractivity contribution in [2.75, 3.05) is 5.75 Å². The molecule has 5 unspecified atom stereocenters. The first-order chi connectivity index (χ1) is 13.4. The van der Waals surface area contributed by atoms with E-state index >= 15 is 0 Å². The molecule has 1 saturated heterocycles. The van der Waals surface area contributed by atoms with Gasteiger partial charge in [0.25, 0.3) is 0 Å². The highest BCUT2D eigenvalue weighted by Crippen LogP contribution is 2.54. The fraction of sp³-hybridized carbons (Fsp3) is 0.762. The van der Waals surface area contributed by atoms with Gasteiger partial charge in [-0.1, -0.05) is 27.7 Å². The van der Waals surface area contributed by atoms with E-state index < -0.39 is 21.1 Å². The lowest BCUT2D eigenvalue weighted by Gasteiger charge is -2.53. The molecule has 0 spiro atoms. The van der Waals surface area contributed by atoms with Crippen molar-refractivity contribution in [2.24, 2.45) is 29.1 Å². The first kappa shape index (κ1) is 22.0. The smallest absolute Gasteiger partial charge is 0.309 e. The largest absolute Gasteiger partial charge is 0.407 e. The molecule has 2 heterocycles. The van der Waals surface area contributed by atoms with E-state index in [2.05, 4.69) is 18.9 Å². The molecule has 1 aromatic heterocycles. The number of sulfone groups is 1. The van der Waals surface area contributed by atoms with Crippen LogP contribution in [-0.2, 0) is 21.2 Å². The van der Waals surface area contributed by atoms with Crippen LogP contribution in [0.25, 0.3) is 0 Å². The molecule has 1 saturated carbocycles. The van der Waals surface area contributed by atoms with Crippen LogP contribution in [0.4, 0.5) is 0 Å². The Labute approximate surface area is 173 Å². The number of ether oxygens (including phenoxy) is 1. The van der Waals surface area contributed by atoms with Crippen molar-refractivity contribution < 1.29 is 22.7 Å². The van der Waals surface area contributed by atoms with Crippen molar-refractivity contribution in [3.05, 3.63) is 11.8 Å². The summed E-state index contributed by atoms with van der Waals surface area (Å²) < 4.78 is 32.5. The third kappa shape index (κ3) is 3.76. The minimum Gasteiger partial charge on any atom is -0.407 e. The molecule has 2 fully saturated rings. The Morgan fingerprint density at radius 1 is 1.31 bits per heavy atom. The lowest BCUT2D eigenvalue weighted by atomic mass is 9.57. The fourth-order valence-corrected chi connectivity index (χ4v) is 8.62. The second kappa shape index (κ2) is 7.52. The molecule has 29 heavy (non-hydrogen) atoms. The van der Waals surface area contributed by atoms with Crippen LogP contribution < -0.4 is 4.74 Å². The van der Waals surface area contributed by atoms with Crippen molar-refractivity contribution in [2.45, 2.75) is 66.2 Å². The van der Waals surface area contributed by atoms with Crippen LogP contribution in [0.2, 0.25) is 0 Å². The number of nitrogens with zero attached hydrogens (tertiary/aromatic N) is 2. The molecule has 5 atom stereocenters. The Morgan fingerprint density at radius 2 is 1.97 bits per heavy atom. The van der Waals surface area contributed by atoms with Gasteiger partial charge in [-0.05, 0) is 42.9 Å². The maximum Gasteiger partial charge on any atom is 0.309 e. The minimum atomic E-state index is -3.17. The Morgan fingerprint density at radius 3 is 2.55 bits per heavy atom. The first-order valence-electron chi connectivity index (χ1n) is 10.4. The number of ketones is 1. The van der Waals surface area contributed by atoms with Crippen molar-refractivity contribution in [3.63, 3.8) is 0 Å². The second-order valence-corrected chi connectivity index (χ2v) is 11.7. The quantitative estimate of drug-likeness (QED) is 0.544. The molecule has 3 rings (SSSR count). The lowest BCUT2D eigenvalue weighted by molar-refractivity contribution is -0.132. The van der Waals surface area contributed by atoms with E-state index in [9.17, 15) is 18.0 Å². The highest BCUT2D eigenvalue weighted by molar-refractivity contribution is 7.92. The summed E-state index contributed by atoms with van der Waals surface area (Å²) in [5, 5.41) is 3.80. The molecule has 0 N–H and O–H groups in total. The summed E-state index contributed by atoms with van der Waals surface area (Å²) in [6, 6.07) is 0. The zero-order valence-corrected chi connectivity index (χ0v) is 19.0. The molecular weight excluding hydrogens is 392 g/mol. The molecule has 7 nitrogen and oxygen atoms in total. The molecule has 1 aliphatic heterocycles. The monoisotopic (exact) mass is 424 g/mol. The number of fused-ring (bicyclic) bond motifs is 1. The standard InChI is InChI=1S/C21H32N2O5S/c1-7-23-20(28-14(4)24)16(11-22-23)18(25)15-10-12(2)19-17(13(15)3)21(5,6)8-9-29(19,26)27/h11-13,15,17,19H,7-10H2,1-6H3. The minimum absolute atomic E-state index is 0.0858. The van der Waals surface area contributed by atoms with Gasteiger partial charge < -0.3 is 4.74 Å². The normalized spacial score (nSPS) is 33.0. The summed E-state index contributed by atoms with van der Waals surface area (Å²) in [4.78, 5) is 25.1. The van der Waals surface area contributed by atoms with E-state index in [-0.39, 0.29) is 46.5 Å². The zero-order valence-electron chi connectivity index (χ0n) is 18.1. The van der Waals surface area contributed by atoms with Gasteiger partial charge in [0.1, 0.15) is 5.56 Å². The van der Waals surface area contributed by atoms with E-state index in [1.54, 1.807) is 0 Å². The van der Waals surface area contributed by atoms with Gasteiger partial charge in [-0.2, -0.15) is 5.10 Å². The van der Waals surface area contributed by atoms with E-state index in [1.807, 2.05) is 20.8 Å². The molecule has 0 radical (unpaired) electrons. The number of rotatable bonds is 4. The van der Waals surface area contributed by atoms with Crippen LogP contribution in [0.5, 0.6) is 5.88 Å². The SMILES string of the molecule is CCn1ncc(C(=O)C2CC(C)C3C(C2C)C(C)(C)CCS3(=O)=O)c1OC(C)=O. The maximum absolute atomic E-state index is 13.5. The zero-order chi connectivity index (χ0) is 21.7. The number of Topliss-reactive ketones (excluding diaryl/α,β-unsaturated/α-hetero) is 1. The Balaban J connectivity index is 2.00. The Bertz CT molecular complexity index is 918. The van der Waals surface area contributed by atoms with Crippen molar-refractivity contribution >= 4 is 21.6 Å². The summed E-state index contributed by atoms with van der Waals surface area (Å²) in [5.74, 6) is -0.826. The number of carbonyl (C=O) groups excluding carboxylic acids is 2. The van der Waals surface area contributed by atoms with Crippen LogP contribution in [0, 0.1) is 29.1 Å². The predicted molar refractivity (Wildman–Crippen MR) is 109 cm³/mol. The van der Waals surface area contributed by atoms with Crippen LogP contribution in [-0.4, -0.2) is 41.0 Å². The third-order valence-corrected chi connectivity index (χ3v) is 9.38. The van der Waals surface area contributed by atoms with Gasteiger partial charge in [-0.3, -0.25) is 9.59 Å². The molecule has 2 aliphatic rings. The number of esters is 1. The van der Waals surface area contributed by atoms with Gasteiger partial charge in [0.15, 0.2) is 15.6 Å². The van der Waals surface area contributed by atoms with E-state index in [1.165, 1.54) is 17.8 Å². The van der Waals surface area contributed by atoms with Gasteiger partial charge >= 0.3 is 5.97 Å². The maximum atomic E-state index is 13.5. The Hall–Kier alpha value is -1.70. The van der Waals surface area contributed by atoms with Gasteiger partial charge in [-0.15, -0.1) is 0 Å². The van der Waals surface area contributed by atoms with Gasteiger partial charge in [-0.25, -0.2) is 13.1 Å². The average molecular weight is 425 g/mol. The van der Waals surface area contributed by atoms with E-state index in [4.69, 9.17) is 4.74 Å². The summed E-state index contributed by atoms with van der Waals surface area (Å²) >= 11 is 0. The molecule has 0 aromatic carbocycles. The topological polar surface area (TPSA) is 95.3 Å². The molecule has 162 valence electrons. The number of carbonyl (C=O) groups is 2. The van der Waals surface area contributed by atoms with Crippen LogP contribution in [0.3, 0.4) is 0 Å². The summed E-state index contributed by atoms with van der Waals surface area (Å²) in [5.41, 5.74) is 0.149. The predicted octanol–water partition coefficient (Wildman–Crippen LogP) is 3.13. The number of hydrogen-bond acceptors (Lipinski definition) is 6. The van der Waals surface area contributed by atoms with Crippen molar-refractivity contribution in [3.8, 4) is 5.88 Å². The first-order valence-corrected chi connectivity index (χ1v) is 12.1. The average Bonchev–Trinajstić information content (AvgIpc) is 3.01. The van der Waals surface area contributed by atoms with Gasteiger partial charge in [0.2, 0.25) is 5.88 Å². The molecule has 1 aliphatic carbocycles. The highest BCUT2D eigenvalue weighted by Gasteiger charge is 2.56. The summed E-state index contributed by atoms with van der Waals surface area (Å²) in [7, 11) is -3.17. The third-order valence-electron chi connectivity index (χ3n) is 7.02. The van der Waals surface area contributed by atoms with Gasteiger partial charge in [0.05, 0.1) is 17.2 Å². The molecule has 0 bridgehead atoms.